The standard InChI is InChI=1S/C15H13NO2/c1-4-11-7-8-16-10-14(11)13-9-12(17-2)5-6-15(13)18-3/h1,5-10H,2-3H3. The van der Waals surface area contributed by atoms with Crippen molar-refractivity contribution in [1.82, 2.24) is 4.98 Å². The van der Waals surface area contributed by atoms with Gasteiger partial charge in [-0.3, -0.25) is 4.98 Å². The highest BCUT2D eigenvalue weighted by Gasteiger charge is 2.10. The number of terminal acetylenes is 1. The third-order valence-electron chi connectivity index (χ3n) is 2.67. The van der Waals surface area contributed by atoms with Gasteiger partial charge in [0, 0.05) is 29.1 Å². The molecule has 0 aliphatic rings. The number of nitrogens with zero attached hydrogens (tertiary/aromatic N) is 1. The average molecular weight is 239 g/mol. The van der Waals surface area contributed by atoms with Crippen LogP contribution in [0.4, 0.5) is 0 Å². The molecule has 0 aliphatic carbocycles. The summed E-state index contributed by atoms with van der Waals surface area (Å²) in [6.07, 6.45) is 8.90. The predicted molar refractivity (Wildman–Crippen MR) is 70.7 cm³/mol. The van der Waals surface area contributed by atoms with Crippen molar-refractivity contribution < 1.29 is 9.47 Å². The van der Waals surface area contributed by atoms with Crippen molar-refractivity contribution in [2.24, 2.45) is 0 Å². The fraction of sp³-hybridized carbons (Fsp3) is 0.133. The van der Waals surface area contributed by atoms with E-state index in [4.69, 9.17) is 15.9 Å². The van der Waals surface area contributed by atoms with Gasteiger partial charge in [-0.25, -0.2) is 0 Å². The predicted octanol–water partition coefficient (Wildman–Crippen LogP) is 2.75. The lowest BCUT2D eigenvalue weighted by Crippen LogP contribution is -1.93. The lowest BCUT2D eigenvalue weighted by Gasteiger charge is -2.11. The summed E-state index contributed by atoms with van der Waals surface area (Å²) in [5.74, 6) is 4.13. The molecule has 1 aromatic carbocycles. The molecule has 0 saturated heterocycles. The third kappa shape index (κ3) is 2.14. The lowest BCUT2D eigenvalue weighted by atomic mass is 10.0. The lowest BCUT2D eigenvalue weighted by molar-refractivity contribution is 0.404. The molecule has 0 N–H and O–H groups in total. The summed E-state index contributed by atoms with van der Waals surface area (Å²) in [6.45, 7) is 0. The van der Waals surface area contributed by atoms with Crippen molar-refractivity contribution in [3.8, 4) is 35.0 Å². The van der Waals surface area contributed by atoms with Crippen molar-refractivity contribution in [1.29, 1.82) is 0 Å². The van der Waals surface area contributed by atoms with Gasteiger partial charge in [0.1, 0.15) is 11.5 Å². The number of aromatic nitrogens is 1. The van der Waals surface area contributed by atoms with Gasteiger partial charge in [-0.05, 0) is 24.3 Å². The minimum Gasteiger partial charge on any atom is -0.497 e. The van der Waals surface area contributed by atoms with E-state index < -0.39 is 0 Å². The number of benzene rings is 1. The van der Waals surface area contributed by atoms with E-state index in [0.717, 1.165) is 28.2 Å². The number of hydrogen-bond acceptors (Lipinski definition) is 3. The van der Waals surface area contributed by atoms with Gasteiger partial charge in [-0.15, -0.1) is 6.42 Å². The van der Waals surface area contributed by atoms with Gasteiger partial charge >= 0.3 is 0 Å². The van der Waals surface area contributed by atoms with Gasteiger partial charge in [-0.2, -0.15) is 0 Å². The summed E-state index contributed by atoms with van der Waals surface area (Å²) in [4.78, 5) is 4.11. The number of rotatable bonds is 3. The molecule has 0 saturated carbocycles. The second kappa shape index (κ2) is 5.24. The highest BCUT2D eigenvalue weighted by atomic mass is 16.5. The van der Waals surface area contributed by atoms with E-state index in [0.29, 0.717) is 0 Å². The molecule has 0 spiro atoms. The molecular weight excluding hydrogens is 226 g/mol. The Labute approximate surface area is 106 Å². The van der Waals surface area contributed by atoms with Gasteiger partial charge in [0.25, 0.3) is 0 Å². The van der Waals surface area contributed by atoms with E-state index in [2.05, 4.69) is 10.9 Å². The normalized spacial score (nSPS) is 9.61. The largest absolute Gasteiger partial charge is 0.497 e. The monoisotopic (exact) mass is 239 g/mol. The quantitative estimate of drug-likeness (QED) is 0.772. The van der Waals surface area contributed by atoms with Crippen LogP contribution >= 0.6 is 0 Å². The molecular formula is C15H13NO2. The molecule has 0 bridgehead atoms. The van der Waals surface area contributed by atoms with E-state index in [9.17, 15) is 0 Å². The van der Waals surface area contributed by atoms with Gasteiger partial charge in [0.15, 0.2) is 0 Å². The van der Waals surface area contributed by atoms with Crippen molar-refractivity contribution >= 4 is 0 Å². The Balaban J connectivity index is 2.65. The summed E-state index contributed by atoms with van der Waals surface area (Å²) in [5.41, 5.74) is 2.50. The second-order valence-corrected chi connectivity index (χ2v) is 3.63. The molecule has 2 rings (SSSR count). The molecule has 0 fully saturated rings. The zero-order chi connectivity index (χ0) is 13.0. The smallest absolute Gasteiger partial charge is 0.127 e. The highest BCUT2D eigenvalue weighted by Crippen LogP contribution is 2.34. The molecule has 90 valence electrons. The van der Waals surface area contributed by atoms with Crippen LogP contribution in [0.2, 0.25) is 0 Å². The maximum atomic E-state index is 5.50. The molecule has 1 heterocycles. The maximum absolute atomic E-state index is 5.50. The van der Waals surface area contributed by atoms with E-state index in [1.54, 1.807) is 32.7 Å². The Hall–Kier alpha value is -2.47. The number of ether oxygens (including phenoxy) is 2. The third-order valence-corrected chi connectivity index (χ3v) is 2.67. The molecule has 3 nitrogen and oxygen atoms in total. The van der Waals surface area contributed by atoms with Crippen LogP contribution in [0, 0.1) is 12.3 Å². The first-order valence-corrected chi connectivity index (χ1v) is 5.43. The van der Waals surface area contributed by atoms with Gasteiger partial charge < -0.3 is 9.47 Å². The molecule has 0 unspecified atom stereocenters. The Morgan fingerprint density at radius 2 is 1.94 bits per heavy atom. The summed E-state index contributed by atoms with van der Waals surface area (Å²) < 4.78 is 10.6. The van der Waals surface area contributed by atoms with Gasteiger partial charge in [-0.1, -0.05) is 5.92 Å². The first-order chi connectivity index (χ1) is 8.80. The van der Waals surface area contributed by atoms with E-state index in [-0.39, 0.29) is 0 Å². The number of pyridine rings is 1. The summed E-state index contributed by atoms with van der Waals surface area (Å²) in [7, 11) is 3.24. The molecule has 1 aromatic heterocycles. The average Bonchev–Trinajstić information content (AvgIpc) is 2.46. The molecule has 0 atom stereocenters. The van der Waals surface area contributed by atoms with E-state index in [1.807, 2.05) is 18.2 Å². The minimum absolute atomic E-state index is 0.736. The topological polar surface area (TPSA) is 31.4 Å². The fourth-order valence-corrected chi connectivity index (χ4v) is 1.76. The maximum Gasteiger partial charge on any atom is 0.127 e. The van der Waals surface area contributed by atoms with Crippen LogP contribution in [-0.2, 0) is 0 Å². The van der Waals surface area contributed by atoms with E-state index in [1.165, 1.54) is 0 Å². The van der Waals surface area contributed by atoms with Crippen LogP contribution < -0.4 is 9.47 Å². The molecule has 0 radical (unpaired) electrons. The molecule has 18 heavy (non-hydrogen) atoms. The van der Waals surface area contributed by atoms with Crippen molar-refractivity contribution in [3.63, 3.8) is 0 Å². The Morgan fingerprint density at radius 3 is 2.61 bits per heavy atom. The van der Waals surface area contributed by atoms with Crippen LogP contribution in [0.25, 0.3) is 11.1 Å². The Bertz CT molecular complexity index is 600. The van der Waals surface area contributed by atoms with Crippen LogP contribution in [-0.4, -0.2) is 19.2 Å². The van der Waals surface area contributed by atoms with Crippen LogP contribution in [0.1, 0.15) is 5.56 Å². The molecule has 3 heteroatoms. The van der Waals surface area contributed by atoms with Gasteiger partial charge in [0.05, 0.1) is 14.2 Å². The molecule has 0 amide bonds. The zero-order valence-electron chi connectivity index (χ0n) is 10.3. The zero-order valence-corrected chi connectivity index (χ0v) is 10.3. The first kappa shape index (κ1) is 12.0. The molecule has 0 aliphatic heterocycles. The second-order valence-electron chi connectivity index (χ2n) is 3.63. The summed E-state index contributed by atoms with van der Waals surface area (Å²) in [6, 6.07) is 7.38. The van der Waals surface area contributed by atoms with Crippen molar-refractivity contribution in [3.05, 3.63) is 42.2 Å². The summed E-state index contributed by atoms with van der Waals surface area (Å²) >= 11 is 0. The van der Waals surface area contributed by atoms with Crippen LogP contribution in [0.3, 0.4) is 0 Å². The van der Waals surface area contributed by atoms with Gasteiger partial charge in [0.2, 0.25) is 0 Å². The SMILES string of the molecule is C#Cc1ccncc1-c1cc(OC)ccc1OC. The Kier molecular flexibility index (Phi) is 3.49. The fourth-order valence-electron chi connectivity index (χ4n) is 1.76. The highest BCUT2D eigenvalue weighted by molar-refractivity contribution is 5.76. The van der Waals surface area contributed by atoms with E-state index >= 15 is 0 Å². The van der Waals surface area contributed by atoms with Crippen LogP contribution in [0.5, 0.6) is 11.5 Å². The molecule has 2 aromatic rings. The van der Waals surface area contributed by atoms with Crippen molar-refractivity contribution in [2.45, 2.75) is 0 Å². The minimum atomic E-state index is 0.736. The number of hydrogen-bond donors (Lipinski definition) is 0. The number of methoxy groups -OCH3 is 2. The Morgan fingerprint density at radius 1 is 1.11 bits per heavy atom. The van der Waals surface area contributed by atoms with Crippen molar-refractivity contribution in [2.75, 3.05) is 14.2 Å². The first-order valence-electron chi connectivity index (χ1n) is 5.43. The van der Waals surface area contributed by atoms with Crippen LogP contribution in [0.15, 0.2) is 36.7 Å². The summed E-state index contributed by atoms with van der Waals surface area (Å²) in [5, 5.41) is 0.